The lowest BCUT2D eigenvalue weighted by Crippen LogP contribution is -1.77. The van der Waals surface area contributed by atoms with Crippen molar-refractivity contribution in [3.63, 3.8) is 0 Å². The van der Waals surface area contributed by atoms with Gasteiger partial charge in [0.1, 0.15) is 6.20 Å². The van der Waals surface area contributed by atoms with Crippen LogP contribution >= 0.6 is 0 Å². The standard InChI is InChI=1S/C3HN3/c1-2-5-6-3-4-1/h2H. The molecule has 0 saturated carbocycles. The number of rotatable bonds is 0. The van der Waals surface area contributed by atoms with Crippen molar-refractivity contribution in [1.82, 2.24) is 15.2 Å². The quantitative estimate of drug-likeness (QED) is 0.419. The Kier molecular flexibility index (Phi) is 0.774. The van der Waals surface area contributed by atoms with Gasteiger partial charge in [-0.1, -0.05) is 0 Å². The van der Waals surface area contributed by atoms with E-state index in [-0.39, 0.29) is 0 Å². The van der Waals surface area contributed by atoms with Gasteiger partial charge < -0.3 is 0 Å². The second kappa shape index (κ2) is 1.45. The lowest BCUT2D eigenvalue weighted by molar-refractivity contribution is 0.952. The average Bonchev–Trinajstić information content (AvgIpc) is 1.72. The fourth-order valence-corrected chi connectivity index (χ4v) is 0.161. The summed E-state index contributed by atoms with van der Waals surface area (Å²) in [5, 5.41) is 6.63. The first kappa shape index (κ1) is 3.21. The Balaban J connectivity index is 3.00. The van der Waals surface area contributed by atoms with Gasteiger partial charge in [-0.25, -0.2) is 4.98 Å². The maximum absolute atomic E-state index is 3.36. The van der Waals surface area contributed by atoms with Crippen molar-refractivity contribution in [2.45, 2.75) is 0 Å². The Hall–Kier alpha value is -0.990. The van der Waals surface area contributed by atoms with Crippen LogP contribution in [0.3, 0.4) is 0 Å². The zero-order valence-electron chi connectivity index (χ0n) is 2.92. The molecule has 2 radical (unpaired) electrons. The van der Waals surface area contributed by atoms with Gasteiger partial charge in [0.2, 0.25) is 6.33 Å². The van der Waals surface area contributed by atoms with Crippen molar-refractivity contribution < 1.29 is 0 Å². The summed E-state index contributed by atoms with van der Waals surface area (Å²) in [6.45, 7) is 0. The van der Waals surface area contributed by atoms with Gasteiger partial charge in [-0.3, -0.25) is 0 Å². The molecule has 0 fully saturated rings. The molecule has 28 valence electrons. The van der Waals surface area contributed by atoms with Crippen LogP contribution in [-0.4, -0.2) is 15.2 Å². The van der Waals surface area contributed by atoms with E-state index in [1.165, 1.54) is 6.20 Å². The molecule has 0 amide bonds. The molecule has 0 atom stereocenters. The summed E-state index contributed by atoms with van der Waals surface area (Å²) in [6.07, 6.45) is 6.01. The van der Waals surface area contributed by atoms with Crippen LogP contribution in [0.2, 0.25) is 0 Å². The first-order valence-corrected chi connectivity index (χ1v) is 1.42. The predicted molar refractivity (Wildman–Crippen MR) is 17.5 cm³/mol. The van der Waals surface area contributed by atoms with Crippen LogP contribution in [0.5, 0.6) is 0 Å². The molecule has 1 aromatic heterocycles. The molecule has 1 rings (SSSR count). The van der Waals surface area contributed by atoms with Crippen molar-refractivity contribution >= 4 is 0 Å². The molecule has 0 N–H and O–H groups in total. The van der Waals surface area contributed by atoms with E-state index in [4.69, 9.17) is 0 Å². The number of aromatic nitrogens is 3. The highest BCUT2D eigenvalue weighted by molar-refractivity contribution is 4.54. The third-order valence-electron chi connectivity index (χ3n) is 0.332. The summed E-state index contributed by atoms with van der Waals surface area (Å²) in [6, 6.07) is 0. The lowest BCUT2D eigenvalue weighted by Gasteiger charge is -1.66. The second-order valence-electron chi connectivity index (χ2n) is 0.685. The van der Waals surface area contributed by atoms with Crippen LogP contribution in [0.4, 0.5) is 0 Å². The Morgan fingerprint density at radius 2 is 2.50 bits per heavy atom. The third kappa shape index (κ3) is 0.484. The van der Waals surface area contributed by atoms with Crippen molar-refractivity contribution in [3.05, 3.63) is 18.7 Å². The molecule has 0 unspecified atom stereocenters. The molecule has 3 nitrogen and oxygen atoms in total. The molecular weight excluding hydrogens is 78.1 g/mol. The van der Waals surface area contributed by atoms with Gasteiger partial charge in [0.25, 0.3) is 0 Å². The molecule has 0 aliphatic heterocycles. The average molecular weight is 79.1 g/mol. The minimum absolute atomic E-state index is 1.37. The van der Waals surface area contributed by atoms with Crippen LogP contribution in [0, 0.1) is 12.5 Å². The second-order valence-corrected chi connectivity index (χ2v) is 0.685. The first-order valence-electron chi connectivity index (χ1n) is 1.42. The monoisotopic (exact) mass is 79.0 g/mol. The predicted octanol–water partition coefficient (Wildman–Crippen LogP) is -0.528. The highest BCUT2D eigenvalue weighted by Crippen LogP contribution is 1.56. The lowest BCUT2D eigenvalue weighted by atomic mass is 10.9. The van der Waals surface area contributed by atoms with E-state index in [0.29, 0.717) is 0 Å². The topological polar surface area (TPSA) is 38.7 Å². The fourth-order valence-electron chi connectivity index (χ4n) is 0.161. The van der Waals surface area contributed by atoms with Gasteiger partial charge in [0.05, 0.1) is 6.20 Å². The van der Waals surface area contributed by atoms with Crippen molar-refractivity contribution in [1.29, 1.82) is 0 Å². The Bertz CT molecular complexity index is 78.0. The largest absolute Gasteiger partial charge is 0.222 e. The maximum atomic E-state index is 3.36. The SMILES string of the molecule is [c]1cnn[c]n1. The van der Waals surface area contributed by atoms with E-state index in [2.05, 4.69) is 27.7 Å². The van der Waals surface area contributed by atoms with Gasteiger partial charge >= 0.3 is 0 Å². The zero-order valence-corrected chi connectivity index (χ0v) is 2.92. The van der Waals surface area contributed by atoms with Crippen molar-refractivity contribution in [3.8, 4) is 0 Å². The Morgan fingerprint density at radius 1 is 1.50 bits per heavy atom. The van der Waals surface area contributed by atoms with Gasteiger partial charge in [-0.2, -0.15) is 5.10 Å². The molecule has 0 spiro atoms. The zero-order chi connectivity index (χ0) is 4.24. The van der Waals surface area contributed by atoms with Crippen molar-refractivity contribution in [2.24, 2.45) is 0 Å². The highest BCUT2D eigenvalue weighted by Gasteiger charge is 1.63. The van der Waals surface area contributed by atoms with Gasteiger partial charge in [-0.15, -0.1) is 5.10 Å². The minimum atomic E-state index is 1.37. The summed E-state index contributed by atoms with van der Waals surface area (Å²) < 4.78 is 0. The summed E-state index contributed by atoms with van der Waals surface area (Å²) >= 11 is 0. The van der Waals surface area contributed by atoms with Crippen LogP contribution in [-0.2, 0) is 0 Å². The van der Waals surface area contributed by atoms with E-state index in [9.17, 15) is 0 Å². The van der Waals surface area contributed by atoms with Crippen molar-refractivity contribution in [2.75, 3.05) is 0 Å². The molecule has 3 heteroatoms. The first-order chi connectivity index (χ1) is 3.00. The third-order valence-corrected chi connectivity index (χ3v) is 0.332. The molecule has 0 aliphatic carbocycles. The maximum Gasteiger partial charge on any atom is 0.222 e. The van der Waals surface area contributed by atoms with E-state index in [1.807, 2.05) is 0 Å². The molecular formula is C3HN3. The van der Waals surface area contributed by atoms with Crippen LogP contribution in [0.15, 0.2) is 6.20 Å². The van der Waals surface area contributed by atoms with E-state index >= 15 is 0 Å². The van der Waals surface area contributed by atoms with E-state index in [1.54, 1.807) is 0 Å². The molecule has 0 bridgehead atoms. The minimum Gasteiger partial charge on any atom is -0.220 e. The van der Waals surface area contributed by atoms with Crippen LogP contribution in [0.25, 0.3) is 0 Å². The van der Waals surface area contributed by atoms with Crippen LogP contribution < -0.4 is 0 Å². The normalized spacial score (nSPS) is 8.00. The molecule has 1 heterocycles. The summed E-state index contributed by atoms with van der Waals surface area (Å²) in [5.41, 5.74) is 0. The van der Waals surface area contributed by atoms with Gasteiger partial charge in [0.15, 0.2) is 0 Å². The molecule has 1 aromatic rings. The Labute approximate surface area is 35.1 Å². The van der Waals surface area contributed by atoms with E-state index < -0.39 is 0 Å². The molecule has 0 aliphatic rings. The van der Waals surface area contributed by atoms with Gasteiger partial charge in [0, 0.05) is 0 Å². The summed E-state index contributed by atoms with van der Waals surface area (Å²) in [7, 11) is 0. The number of nitrogens with zero attached hydrogens (tertiary/aromatic N) is 3. The highest BCUT2D eigenvalue weighted by atomic mass is 15.1. The summed E-state index contributed by atoms with van der Waals surface area (Å²) in [5.74, 6) is 0. The number of hydrogen-bond donors (Lipinski definition) is 0. The fraction of sp³-hybridized carbons (Fsp3) is 0. The Morgan fingerprint density at radius 3 is 2.67 bits per heavy atom. The molecule has 6 heavy (non-hydrogen) atoms. The van der Waals surface area contributed by atoms with Crippen LogP contribution in [0.1, 0.15) is 0 Å². The molecule has 0 saturated heterocycles. The van der Waals surface area contributed by atoms with E-state index in [0.717, 1.165) is 0 Å². The van der Waals surface area contributed by atoms with Gasteiger partial charge in [-0.05, 0) is 0 Å². The smallest absolute Gasteiger partial charge is 0.220 e. The number of hydrogen-bond acceptors (Lipinski definition) is 3. The summed E-state index contributed by atoms with van der Waals surface area (Å²) in [4.78, 5) is 3.36. The molecule has 0 aromatic carbocycles.